The minimum atomic E-state index is -0.398. The summed E-state index contributed by atoms with van der Waals surface area (Å²) in [4.78, 5) is 12.1. The van der Waals surface area contributed by atoms with Gasteiger partial charge in [-0.15, -0.1) is 0 Å². The maximum atomic E-state index is 12.1. The van der Waals surface area contributed by atoms with Gasteiger partial charge in [0.2, 0.25) is 0 Å². The van der Waals surface area contributed by atoms with E-state index in [0.717, 1.165) is 12.0 Å². The number of benzene rings is 1. The third kappa shape index (κ3) is 3.83. The summed E-state index contributed by atoms with van der Waals surface area (Å²) in [5.74, 6) is -0.398. The van der Waals surface area contributed by atoms with Crippen molar-refractivity contribution >= 4 is 17.7 Å². The third-order valence-corrected chi connectivity index (χ3v) is 3.15. The number of nitrogens with zero attached hydrogens (tertiary/aromatic N) is 2. The van der Waals surface area contributed by atoms with Crippen LogP contribution in [0.1, 0.15) is 18.1 Å². The number of hydrogen-bond donors (Lipinski definition) is 1. The standard InChI is InChI=1S/C17H17N3O/c1-3-13-4-6-16(7-5-13)19-17(21)15(11-18)10-14-8-9-20(2)12-14/h4-10,12H,3H2,1-2H3,(H,19,21)/b15-10+. The van der Waals surface area contributed by atoms with E-state index >= 15 is 0 Å². The summed E-state index contributed by atoms with van der Waals surface area (Å²) in [7, 11) is 1.89. The molecule has 0 saturated heterocycles. The fourth-order valence-electron chi connectivity index (χ4n) is 1.95. The molecule has 1 heterocycles. The van der Waals surface area contributed by atoms with Crippen LogP contribution in [0.15, 0.2) is 48.3 Å². The van der Waals surface area contributed by atoms with Crippen molar-refractivity contribution in [2.75, 3.05) is 5.32 Å². The Hall–Kier alpha value is -2.80. The van der Waals surface area contributed by atoms with Crippen LogP contribution < -0.4 is 5.32 Å². The van der Waals surface area contributed by atoms with Gasteiger partial charge in [-0.2, -0.15) is 5.26 Å². The Morgan fingerprint density at radius 1 is 1.33 bits per heavy atom. The van der Waals surface area contributed by atoms with Gasteiger partial charge in [-0.1, -0.05) is 19.1 Å². The first-order chi connectivity index (χ1) is 10.1. The van der Waals surface area contributed by atoms with Crippen LogP contribution in [-0.4, -0.2) is 10.5 Å². The van der Waals surface area contributed by atoms with E-state index in [-0.39, 0.29) is 5.57 Å². The lowest BCUT2D eigenvalue weighted by Crippen LogP contribution is -2.13. The first kappa shape index (κ1) is 14.6. The molecule has 0 aliphatic rings. The van der Waals surface area contributed by atoms with E-state index in [9.17, 15) is 4.79 Å². The SMILES string of the molecule is CCc1ccc(NC(=O)/C(C#N)=C/c2ccn(C)c2)cc1. The number of nitrogens with one attached hydrogen (secondary N) is 1. The molecule has 1 aromatic carbocycles. The fourth-order valence-corrected chi connectivity index (χ4v) is 1.95. The molecule has 1 aromatic heterocycles. The molecule has 21 heavy (non-hydrogen) atoms. The molecule has 0 atom stereocenters. The highest BCUT2D eigenvalue weighted by Gasteiger charge is 2.09. The fraction of sp³-hybridized carbons (Fsp3) is 0.176. The highest BCUT2D eigenvalue weighted by molar-refractivity contribution is 6.09. The second kappa shape index (κ2) is 6.58. The monoisotopic (exact) mass is 279 g/mol. The predicted molar refractivity (Wildman–Crippen MR) is 83.5 cm³/mol. The van der Waals surface area contributed by atoms with Crippen LogP contribution in [0.2, 0.25) is 0 Å². The zero-order valence-electron chi connectivity index (χ0n) is 12.1. The van der Waals surface area contributed by atoms with Gasteiger partial charge in [0.1, 0.15) is 11.6 Å². The molecule has 2 aromatic rings. The predicted octanol–water partition coefficient (Wildman–Crippen LogP) is 3.13. The maximum Gasteiger partial charge on any atom is 0.266 e. The van der Waals surface area contributed by atoms with E-state index in [0.29, 0.717) is 5.69 Å². The van der Waals surface area contributed by atoms with Crippen molar-refractivity contribution in [2.24, 2.45) is 7.05 Å². The van der Waals surface area contributed by atoms with Crippen LogP contribution in [0.5, 0.6) is 0 Å². The van der Waals surface area contributed by atoms with E-state index in [1.54, 1.807) is 6.08 Å². The van der Waals surface area contributed by atoms with Gasteiger partial charge in [-0.25, -0.2) is 0 Å². The number of carbonyl (C=O) groups excluding carboxylic acids is 1. The van der Waals surface area contributed by atoms with Gasteiger partial charge in [-0.05, 0) is 41.8 Å². The lowest BCUT2D eigenvalue weighted by atomic mass is 10.1. The van der Waals surface area contributed by atoms with Gasteiger partial charge < -0.3 is 9.88 Å². The summed E-state index contributed by atoms with van der Waals surface area (Å²) in [6.07, 6.45) is 6.24. The molecule has 1 N–H and O–H groups in total. The van der Waals surface area contributed by atoms with Gasteiger partial charge in [-0.3, -0.25) is 4.79 Å². The number of nitriles is 1. The maximum absolute atomic E-state index is 12.1. The van der Waals surface area contributed by atoms with Crippen molar-refractivity contribution in [1.29, 1.82) is 5.26 Å². The van der Waals surface area contributed by atoms with E-state index in [1.165, 1.54) is 5.56 Å². The molecule has 0 fully saturated rings. The molecule has 0 spiro atoms. The van der Waals surface area contributed by atoms with Gasteiger partial charge in [0, 0.05) is 25.1 Å². The number of anilines is 1. The molecular weight excluding hydrogens is 262 g/mol. The molecular formula is C17H17N3O. The van der Waals surface area contributed by atoms with E-state index in [4.69, 9.17) is 5.26 Å². The molecule has 106 valence electrons. The summed E-state index contributed by atoms with van der Waals surface area (Å²) >= 11 is 0. The zero-order valence-corrected chi connectivity index (χ0v) is 12.1. The highest BCUT2D eigenvalue weighted by atomic mass is 16.1. The topological polar surface area (TPSA) is 57.8 Å². The molecule has 0 saturated carbocycles. The average Bonchev–Trinajstić information content (AvgIpc) is 2.90. The normalized spacial score (nSPS) is 11.0. The lowest BCUT2D eigenvalue weighted by molar-refractivity contribution is -0.112. The molecule has 4 heteroatoms. The van der Waals surface area contributed by atoms with Gasteiger partial charge in [0.25, 0.3) is 5.91 Å². The Labute approximate surface area is 124 Å². The molecule has 0 radical (unpaired) electrons. The van der Waals surface area contributed by atoms with Crippen molar-refractivity contribution in [3.05, 3.63) is 59.4 Å². The number of aromatic nitrogens is 1. The quantitative estimate of drug-likeness (QED) is 0.690. The Morgan fingerprint density at radius 2 is 2.05 bits per heavy atom. The zero-order chi connectivity index (χ0) is 15.2. The molecule has 2 rings (SSSR count). The summed E-state index contributed by atoms with van der Waals surface area (Å²) in [5.41, 5.74) is 2.80. The number of hydrogen-bond acceptors (Lipinski definition) is 2. The minimum Gasteiger partial charge on any atom is -0.357 e. The van der Waals surface area contributed by atoms with Crippen LogP contribution in [0.25, 0.3) is 6.08 Å². The Morgan fingerprint density at radius 3 is 2.57 bits per heavy atom. The lowest BCUT2D eigenvalue weighted by Gasteiger charge is -2.05. The first-order valence-electron chi connectivity index (χ1n) is 6.76. The molecule has 0 aliphatic carbocycles. The minimum absolute atomic E-state index is 0.0840. The second-order valence-electron chi connectivity index (χ2n) is 4.78. The van der Waals surface area contributed by atoms with Crippen molar-refractivity contribution < 1.29 is 4.79 Å². The average molecular weight is 279 g/mol. The smallest absolute Gasteiger partial charge is 0.266 e. The molecule has 0 unspecified atom stereocenters. The van der Waals surface area contributed by atoms with Crippen LogP contribution in [0, 0.1) is 11.3 Å². The van der Waals surface area contributed by atoms with Crippen molar-refractivity contribution in [2.45, 2.75) is 13.3 Å². The largest absolute Gasteiger partial charge is 0.357 e. The summed E-state index contributed by atoms with van der Waals surface area (Å²) in [6.45, 7) is 2.07. The summed E-state index contributed by atoms with van der Waals surface area (Å²) in [5, 5.41) is 11.9. The Bertz CT molecular complexity index is 702. The van der Waals surface area contributed by atoms with Crippen LogP contribution in [0.3, 0.4) is 0 Å². The summed E-state index contributed by atoms with van der Waals surface area (Å²) < 4.78 is 1.86. The molecule has 1 amide bonds. The Balaban J connectivity index is 2.13. The van der Waals surface area contributed by atoms with E-state index in [2.05, 4.69) is 12.2 Å². The van der Waals surface area contributed by atoms with Crippen molar-refractivity contribution in [3.63, 3.8) is 0 Å². The van der Waals surface area contributed by atoms with Gasteiger partial charge in [0.15, 0.2) is 0 Å². The highest BCUT2D eigenvalue weighted by Crippen LogP contribution is 2.13. The molecule has 0 aliphatic heterocycles. The van der Waals surface area contributed by atoms with Crippen molar-refractivity contribution in [1.82, 2.24) is 4.57 Å². The number of rotatable bonds is 4. The number of aryl methyl sites for hydroxylation is 2. The number of amides is 1. The number of carbonyl (C=O) groups is 1. The van der Waals surface area contributed by atoms with Crippen molar-refractivity contribution in [3.8, 4) is 6.07 Å². The molecule has 4 nitrogen and oxygen atoms in total. The molecule has 0 bridgehead atoms. The van der Waals surface area contributed by atoms with Crippen LogP contribution >= 0.6 is 0 Å². The summed E-state index contributed by atoms with van der Waals surface area (Å²) in [6, 6.07) is 11.4. The van der Waals surface area contributed by atoms with Gasteiger partial charge >= 0.3 is 0 Å². The second-order valence-corrected chi connectivity index (χ2v) is 4.78. The van der Waals surface area contributed by atoms with E-state index in [1.807, 2.05) is 60.4 Å². The van der Waals surface area contributed by atoms with Gasteiger partial charge in [0.05, 0.1) is 0 Å². The Kier molecular flexibility index (Phi) is 4.57. The first-order valence-corrected chi connectivity index (χ1v) is 6.76. The van der Waals surface area contributed by atoms with Crippen LogP contribution in [-0.2, 0) is 18.3 Å². The van der Waals surface area contributed by atoms with Crippen LogP contribution in [0.4, 0.5) is 5.69 Å². The third-order valence-electron chi connectivity index (χ3n) is 3.15. The van der Waals surface area contributed by atoms with E-state index < -0.39 is 5.91 Å².